The number of alkyl halides is 2. The van der Waals surface area contributed by atoms with Gasteiger partial charge in [-0.15, -0.1) is 0 Å². The van der Waals surface area contributed by atoms with Gasteiger partial charge in [0.1, 0.15) is 0 Å². The number of anilines is 1. The van der Waals surface area contributed by atoms with E-state index in [-0.39, 0.29) is 17.1 Å². The van der Waals surface area contributed by atoms with Crippen molar-refractivity contribution in [2.75, 3.05) is 12.4 Å². The van der Waals surface area contributed by atoms with Crippen LogP contribution in [0.25, 0.3) is 0 Å². The van der Waals surface area contributed by atoms with E-state index in [1.54, 1.807) is 24.3 Å². The predicted octanol–water partition coefficient (Wildman–Crippen LogP) is 4.31. The average molecular weight is 372 g/mol. The summed E-state index contributed by atoms with van der Waals surface area (Å²) in [6, 6.07) is 11.2. The molecule has 0 aromatic heterocycles. The minimum absolute atomic E-state index is 0.0393. The zero-order valence-electron chi connectivity index (χ0n) is 11.5. The van der Waals surface area contributed by atoms with Gasteiger partial charge in [0.05, 0.1) is 12.7 Å². The van der Waals surface area contributed by atoms with Gasteiger partial charge < -0.3 is 14.8 Å². The first-order valence-electron chi connectivity index (χ1n) is 6.20. The van der Waals surface area contributed by atoms with Crippen LogP contribution in [0.1, 0.15) is 10.4 Å². The van der Waals surface area contributed by atoms with Crippen LogP contribution in [0.5, 0.6) is 11.5 Å². The maximum Gasteiger partial charge on any atom is 0.387 e. The average Bonchev–Trinajstić information content (AvgIpc) is 2.49. The van der Waals surface area contributed by atoms with E-state index in [0.29, 0.717) is 5.69 Å². The first-order chi connectivity index (χ1) is 10.5. The minimum Gasteiger partial charge on any atom is -0.493 e. The molecule has 0 saturated heterocycles. The van der Waals surface area contributed by atoms with Gasteiger partial charge >= 0.3 is 6.61 Å². The highest BCUT2D eigenvalue weighted by molar-refractivity contribution is 9.10. The van der Waals surface area contributed by atoms with Crippen LogP contribution < -0.4 is 14.8 Å². The number of rotatable bonds is 5. The highest BCUT2D eigenvalue weighted by Crippen LogP contribution is 2.33. The molecule has 1 N–H and O–H groups in total. The highest BCUT2D eigenvalue weighted by atomic mass is 79.9. The SMILES string of the molecule is COc1cccc(C(=O)Nc2ccc(Br)cc2)c1OC(F)F. The van der Waals surface area contributed by atoms with Crippen LogP contribution in [0.3, 0.4) is 0 Å². The summed E-state index contributed by atoms with van der Waals surface area (Å²) in [4.78, 5) is 12.3. The molecule has 2 aromatic rings. The van der Waals surface area contributed by atoms with E-state index in [0.717, 1.165) is 4.47 Å². The molecule has 0 unspecified atom stereocenters. The predicted molar refractivity (Wildman–Crippen MR) is 81.7 cm³/mol. The number of amides is 1. The molecule has 7 heteroatoms. The van der Waals surface area contributed by atoms with E-state index >= 15 is 0 Å². The normalized spacial score (nSPS) is 10.4. The van der Waals surface area contributed by atoms with Crippen LogP contribution in [0.15, 0.2) is 46.9 Å². The van der Waals surface area contributed by atoms with Crippen LogP contribution in [0.4, 0.5) is 14.5 Å². The van der Waals surface area contributed by atoms with Crippen LogP contribution in [0.2, 0.25) is 0 Å². The van der Waals surface area contributed by atoms with E-state index < -0.39 is 12.5 Å². The molecular formula is C15H12BrF2NO3. The van der Waals surface area contributed by atoms with Crippen molar-refractivity contribution in [3.8, 4) is 11.5 Å². The van der Waals surface area contributed by atoms with Gasteiger partial charge in [-0.3, -0.25) is 4.79 Å². The Morgan fingerprint density at radius 3 is 2.45 bits per heavy atom. The van der Waals surface area contributed by atoms with Crippen LogP contribution >= 0.6 is 15.9 Å². The standard InChI is InChI=1S/C15H12BrF2NO3/c1-21-12-4-2-3-11(13(12)22-15(17)18)14(20)19-10-7-5-9(16)6-8-10/h2-8,15H,1H3,(H,19,20). The largest absolute Gasteiger partial charge is 0.493 e. The summed E-state index contributed by atoms with van der Waals surface area (Å²) < 4.78 is 35.3. The Kier molecular flexibility index (Phi) is 5.32. The smallest absolute Gasteiger partial charge is 0.387 e. The Labute approximate surface area is 134 Å². The lowest BCUT2D eigenvalue weighted by atomic mass is 10.1. The number of hydrogen-bond donors (Lipinski definition) is 1. The maximum atomic E-state index is 12.5. The Bertz CT molecular complexity index is 662. The van der Waals surface area contributed by atoms with Crippen molar-refractivity contribution >= 4 is 27.5 Å². The Morgan fingerprint density at radius 2 is 1.86 bits per heavy atom. The van der Waals surface area contributed by atoms with Crippen LogP contribution in [-0.2, 0) is 0 Å². The molecule has 0 heterocycles. The number of methoxy groups -OCH3 is 1. The van der Waals surface area contributed by atoms with E-state index in [9.17, 15) is 13.6 Å². The lowest BCUT2D eigenvalue weighted by molar-refractivity contribution is -0.0515. The van der Waals surface area contributed by atoms with Crippen molar-refractivity contribution < 1.29 is 23.0 Å². The van der Waals surface area contributed by atoms with Crippen molar-refractivity contribution in [1.29, 1.82) is 0 Å². The molecule has 0 saturated carbocycles. The van der Waals surface area contributed by atoms with Gasteiger partial charge in [-0.1, -0.05) is 22.0 Å². The summed E-state index contributed by atoms with van der Waals surface area (Å²) in [6.07, 6.45) is 0. The molecule has 0 aliphatic carbocycles. The van der Waals surface area contributed by atoms with Gasteiger partial charge in [-0.05, 0) is 36.4 Å². The number of halogens is 3. The first kappa shape index (κ1) is 16.2. The van der Waals surface area contributed by atoms with Gasteiger partial charge in [0, 0.05) is 10.2 Å². The molecular weight excluding hydrogens is 360 g/mol. The monoisotopic (exact) mass is 371 g/mol. The quantitative estimate of drug-likeness (QED) is 0.851. The van der Waals surface area contributed by atoms with Crippen LogP contribution in [-0.4, -0.2) is 19.6 Å². The fourth-order valence-electron chi connectivity index (χ4n) is 1.80. The molecule has 1 amide bonds. The molecule has 0 aliphatic heterocycles. The zero-order chi connectivity index (χ0) is 16.1. The molecule has 0 aliphatic rings. The molecule has 116 valence electrons. The summed E-state index contributed by atoms with van der Waals surface area (Å²) in [6.45, 7) is -3.06. The van der Waals surface area contributed by atoms with E-state index in [4.69, 9.17) is 4.74 Å². The van der Waals surface area contributed by atoms with E-state index in [1.165, 1.54) is 25.3 Å². The fraction of sp³-hybridized carbons (Fsp3) is 0.133. The van der Waals surface area contributed by atoms with Crippen molar-refractivity contribution in [3.63, 3.8) is 0 Å². The zero-order valence-corrected chi connectivity index (χ0v) is 13.1. The molecule has 0 radical (unpaired) electrons. The Hall–Kier alpha value is -2.15. The summed E-state index contributed by atoms with van der Waals surface area (Å²) in [5, 5.41) is 2.61. The minimum atomic E-state index is -3.06. The topological polar surface area (TPSA) is 47.6 Å². The molecule has 0 atom stereocenters. The molecule has 2 aromatic carbocycles. The van der Waals surface area contributed by atoms with Gasteiger partial charge in [-0.25, -0.2) is 0 Å². The number of carbonyl (C=O) groups excluding carboxylic acids is 1. The summed E-state index contributed by atoms with van der Waals surface area (Å²) in [7, 11) is 1.31. The number of ether oxygens (including phenoxy) is 2. The second kappa shape index (κ2) is 7.22. The number of nitrogens with one attached hydrogen (secondary N) is 1. The second-order valence-electron chi connectivity index (χ2n) is 4.18. The van der Waals surface area contributed by atoms with Gasteiger partial charge in [0.25, 0.3) is 5.91 Å². The van der Waals surface area contributed by atoms with Crippen molar-refractivity contribution in [3.05, 3.63) is 52.5 Å². The summed E-state index contributed by atoms with van der Waals surface area (Å²) in [5.74, 6) is -0.810. The number of para-hydroxylation sites is 1. The molecule has 0 bridgehead atoms. The third kappa shape index (κ3) is 3.94. The van der Waals surface area contributed by atoms with Gasteiger partial charge in [0.15, 0.2) is 11.5 Å². The van der Waals surface area contributed by atoms with Gasteiger partial charge in [0.2, 0.25) is 0 Å². The maximum absolute atomic E-state index is 12.5. The van der Waals surface area contributed by atoms with Gasteiger partial charge in [-0.2, -0.15) is 8.78 Å². The molecule has 0 spiro atoms. The molecule has 0 fully saturated rings. The highest BCUT2D eigenvalue weighted by Gasteiger charge is 2.20. The summed E-state index contributed by atoms with van der Waals surface area (Å²) in [5.41, 5.74) is 0.488. The molecule has 4 nitrogen and oxygen atoms in total. The molecule has 22 heavy (non-hydrogen) atoms. The van der Waals surface area contributed by atoms with E-state index in [1.807, 2.05) is 0 Å². The first-order valence-corrected chi connectivity index (χ1v) is 6.99. The van der Waals surface area contributed by atoms with Crippen LogP contribution in [0, 0.1) is 0 Å². The van der Waals surface area contributed by atoms with Crippen molar-refractivity contribution in [1.82, 2.24) is 0 Å². The fourth-order valence-corrected chi connectivity index (χ4v) is 2.06. The third-order valence-corrected chi connectivity index (χ3v) is 3.28. The van der Waals surface area contributed by atoms with Crippen molar-refractivity contribution in [2.24, 2.45) is 0 Å². The molecule has 2 rings (SSSR count). The number of hydrogen-bond acceptors (Lipinski definition) is 3. The number of benzene rings is 2. The lowest BCUT2D eigenvalue weighted by Gasteiger charge is -2.14. The Morgan fingerprint density at radius 1 is 1.18 bits per heavy atom. The summed E-state index contributed by atoms with van der Waals surface area (Å²) >= 11 is 3.28. The van der Waals surface area contributed by atoms with E-state index in [2.05, 4.69) is 26.0 Å². The third-order valence-electron chi connectivity index (χ3n) is 2.75. The lowest BCUT2D eigenvalue weighted by Crippen LogP contribution is -2.15. The van der Waals surface area contributed by atoms with Crippen molar-refractivity contribution in [2.45, 2.75) is 6.61 Å². The Balaban J connectivity index is 2.30. The second-order valence-corrected chi connectivity index (χ2v) is 5.09. The number of carbonyl (C=O) groups is 1.